The molecule has 4 rings (SSSR count). The van der Waals surface area contributed by atoms with Crippen LogP contribution in [0.1, 0.15) is 29.5 Å². The van der Waals surface area contributed by atoms with Crippen LogP contribution in [0.15, 0.2) is 79.1 Å². The number of para-hydroxylation sites is 1. The Kier molecular flexibility index (Phi) is 9.70. The summed E-state index contributed by atoms with van der Waals surface area (Å²) in [5, 5.41) is 0. The fraction of sp³-hybridized carbons (Fsp3) is 0.433. The molecule has 0 N–H and O–H groups in total. The molecule has 5 heteroatoms. The van der Waals surface area contributed by atoms with Gasteiger partial charge in [-0.3, -0.25) is 14.8 Å². The summed E-state index contributed by atoms with van der Waals surface area (Å²) in [6, 6.07) is 24.0. The summed E-state index contributed by atoms with van der Waals surface area (Å²) in [5.41, 5.74) is 3.94. The molecule has 2 heterocycles. The maximum Gasteiger partial charge on any atom is 0.123 e. The number of likely N-dealkylation sites (tertiary alicyclic amines) is 1. The van der Waals surface area contributed by atoms with Crippen molar-refractivity contribution in [3.05, 3.63) is 95.8 Å². The lowest BCUT2D eigenvalue weighted by Crippen LogP contribution is -2.47. The highest BCUT2D eigenvalue weighted by Crippen LogP contribution is 2.30. The van der Waals surface area contributed by atoms with Crippen LogP contribution in [-0.2, 0) is 24.2 Å². The predicted molar refractivity (Wildman–Crippen MR) is 141 cm³/mol. The van der Waals surface area contributed by atoms with Gasteiger partial charge in [0.15, 0.2) is 0 Å². The Labute approximate surface area is 210 Å². The van der Waals surface area contributed by atoms with Crippen molar-refractivity contribution < 1.29 is 9.47 Å². The number of methoxy groups -OCH3 is 2. The van der Waals surface area contributed by atoms with Crippen LogP contribution in [0, 0.1) is 5.92 Å². The summed E-state index contributed by atoms with van der Waals surface area (Å²) >= 11 is 0. The van der Waals surface area contributed by atoms with E-state index in [1.807, 2.05) is 24.5 Å². The average Bonchev–Trinajstić information content (AvgIpc) is 2.92. The van der Waals surface area contributed by atoms with E-state index in [0.717, 1.165) is 51.5 Å². The van der Waals surface area contributed by atoms with Gasteiger partial charge in [0.05, 0.1) is 13.7 Å². The third-order valence-corrected chi connectivity index (χ3v) is 7.21. The lowest BCUT2D eigenvalue weighted by atomic mass is 9.84. The van der Waals surface area contributed by atoms with Crippen LogP contribution < -0.4 is 4.74 Å². The molecular formula is C30H39N3O2. The summed E-state index contributed by atoms with van der Waals surface area (Å²) < 4.78 is 11.1. The quantitative estimate of drug-likeness (QED) is 0.368. The van der Waals surface area contributed by atoms with Crippen molar-refractivity contribution >= 4 is 0 Å². The fourth-order valence-electron chi connectivity index (χ4n) is 5.32. The average molecular weight is 474 g/mol. The summed E-state index contributed by atoms with van der Waals surface area (Å²) in [4.78, 5) is 9.57. The van der Waals surface area contributed by atoms with E-state index < -0.39 is 0 Å². The Hall–Kier alpha value is -2.73. The lowest BCUT2D eigenvalue weighted by Gasteiger charge is -2.41. The van der Waals surface area contributed by atoms with Gasteiger partial charge >= 0.3 is 0 Å². The first-order valence-electron chi connectivity index (χ1n) is 12.8. The van der Waals surface area contributed by atoms with Crippen molar-refractivity contribution in [3.63, 3.8) is 0 Å². The first kappa shape index (κ1) is 25.4. The number of piperidine rings is 1. The molecule has 0 spiro atoms. The van der Waals surface area contributed by atoms with Gasteiger partial charge < -0.3 is 9.47 Å². The van der Waals surface area contributed by atoms with Gasteiger partial charge in [-0.1, -0.05) is 54.6 Å². The zero-order valence-corrected chi connectivity index (χ0v) is 21.2. The summed E-state index contributed by atoms with van der Waals surface area (Å²) in [5.74, 6) is 1.62. The van der Waals surface area contributed by atoms with Crippen molar-refractivity contribution in [1.82, 2.24) is 14.8 Å². The van der Waals surface area contributed by atoms with Gasteiger partial charge in [-0.2, -0.15) is 0 Å². The standard InChI is InChI=1S/C30H39N3O2/c1-34-20-19-33(23-26-11-8-16-31-22-26)29(21-25-9-4-3-5-10-25)27-14-17-32(18-15-27)24-28-12-6-7-13-30(28)35-2/h3-13,16,22,27,29H,14-15,17-21,23-24H2,1-2H3. The second-order valence-electron chi connectivity index (χ2n) is 9.51. The molecule has 1 aromatic heterocycles. The Morgan fingerprint density at radius 2 is 1.69 bits per heavy atom. The summed E-state index contributed by atoms with van der Waals surface area (Å²) in [6.07, 6.45) is 7.30. The van der Waals surface area contributed by atoms with Gasteiger partial charge in [-0.25, -0.2) is 0 Å². The number of benzene rings is 2. The monoisotopic (exact) mass is 473 g/mol. The first-order valence-corrected chi connectivity index (χ1v) is 12.8. The normalized spacial score (nSPS) is 15.9. The minimum absolute atomic E-state index is 0.459. The van der Waals surface area contributed by atoms with Gasteiger partial charge in [0.1, 0.15) is 5.75 Å². The third-order valence-electron chi connectivity index (χ3n) is 7.21. The topological polar surface area (TPSA) is 37.8 Å². The van der Waals surface area contributed by atoms with E-state index in [1.54, 1.807) is 14.2 Å². The largest absolute Gasteiger partial charge is 0.496 e. The van der Waals surface area contributed by atoms with Gasteiger partial charge in [0.2, 0.25) is 0 Å². The van der Waals surface area contributed by atoms with Gasteiger partial charge in [0.25, 0.3) is 0 Å². The number of hydrogen-bond acceptors (Lipinski definition) is 5. The highest BCUT2D eigenvalue weighted by molar-refractivity contribution is 5.33. The minimum atomic E-state index is 0.459. The first-order chi connectivity index (χ1) is 17.3. The summed E-state index contributed by atoms with van der Waals surface area (Å²) in [7, 11) is 3.56. The Morgan fingerprint density at radius 3 is 2.40 bits per heavy atom. The summed E-state index contributed by atoms with van der Waals surface area (Å²) in [6.45, 7) is 5.72. The molecule has 5 nitrogen and oxygen atoms in total. The molecule has 186 valence electrons. The van der Waals surface area contributed by atoms with Crippen LogP contribution in [0.4, 0.5) is 0 Å². The number of nitrogens with zero attached hydrogens (tertiary/aromatic N) is 3. The van der Waals surface area contributed by atoms with E-state index in [0.29, 0.717) is 12.0 Å². The highest BCUT2D eigenvalue weighted by Gasteiger charge is 2.31. The third kappa shape index (κ3) is 7.38. The molecule has 1 atom stereocenters. The molecular weight excluding hydrogens is 434 g/mol. The molecule has 1 aliphatic rings. The number of hydrogen-bond donors (Lipinski definition) is 0. The van der Waals surface area contributed by atoms with Crippen molar-refractivity contribution in [2.24, 2.45) is 5.92 Å². The molecule has 1 aliphatic heterocycles. The SMILES string of the molecule is COCCN(Cc1cccnc1)C(Cc1ccccc1)C1CCN(Cc2ccccc2OC)CC1. The molecule has 0 aliphatic carbocycles. The maximum absolute atomic E-state index is 5.59. The Balaban J connectivity index is 1.48. The molecule has 0 radical (unpaired) electrons. The number of rotatable bonds is 12. The second-order valence-corrected chi connectivity index (χ2v) is 9.51. The van der Waals surface area contributed by atoms with E-state index in [-0.39, 0.29) is 0 Å². The molecule has 1 fully saturated rings. The van der Waals surface area contributed by atoms with Crippen LogP contribution in [-0.4, -0.2) is 61.3 Å². The maximum atomic E-state index is 5.59. The van der Waals surface area contributed by atoms with Crippen molar-refractivity contribution in [2.45, 2.75) is 38.4 Å². The van der Waals surface area contributed by atoms with Crippen LogP contribution in [0.5, 0.6) is 5.75 Å². The molecule has 35 heavy (non-hydrogen) atoms. The molecule has 0 amide bonds. The lowest BCUT2D eigenvalue weighted by molar-refractivity contribution is 0.0569. The van der Waals surface area contributed by atoms with E-state index in [1.165, 1.54) is 29.5 Å². The van der Waals surface area contributed by atoms with Crippen molar-refractivity contribution in [3.8, 4) is 5.75 Å². The smallest absolute Gasteiger partial charge is 0.123 e. The Morgan fingerprint density at radius 1 is 0.943 bits per heavy atom. The molecule has 1 saturated heterocycles. The van der Waals surface area contributed by atoms with E-state index >= 15 is 0 Å². The molecule has 2 aromatic carbocycles. The van der Waals surface area contributed by atoms with Crippen molar-refractivity contribution in [1.29, 1.82) is 0 Å². The zero-order valence-electron chi connectivity index (χ0n) is 21.2. The molecule has 1 unspecified atom stereocenters. The van der Waals surface area contributed by atoms with Crippen LogP contribution in [0.3, 0.4) is 0 Å². The van der Waals surface area contributed by atoms with E-state index in [9.17, 15) is 0 Å². The number of pyridine rings is 1. The van der Waals surface area contributed by atoms with Crippen molar-refractivity contribution in [2.75, 3.05) is 40.5 Å². The Bertz CT molecular complexity index is 991. The van der Waals surface area contributed by atoms with E-state index in [4.69, 9.17) is 9.47 Å². The minimum Gasteiger partial charge on any atom is -0.496 e. The molecule has 3 aromatic rings. The predicted octanol–water partition coefficient (Wildman–Crippen LogP) is 5.06. The van der Waals surface area contributed by atoms with E-state index in [2.05, 4.69) is 69.4 Å². The number of ether oxygens (including phenoxy) is 2. The molecule has 0 saturated carbocycles. The van der Waals surface area contributed by atoms with Crippen LogP contribution in [0.2, 0.25) is 0 Å². The zero-order chi connectivity index (χ0) is 24.3. The van der Waals surface area contributed by atoms with Gasteiger partial charge in [-0.05, 0) is 61.5 Å². The van der Waals surface area contributed by atoms with Gasteiger partial charge in [-0.15, -0.1) is 0 Å². The fourth-order valence-corrected chi connectivity index (χ4v) is 5.32. The van der Waals surface area contributed by atoms with Crippen LogP contribution >= 0.6 is 0 Å². The highest BCUT2D eigenvalue weighted by atomic mass is 16.5. The second kappa shape index (κ2) is 13.4. The number of aromatic nitrogens is 1. The van der Waals surface area contributed by atoms with Gasteiger partial charge in [0, 0.05) is 50.7 Å². The molecule has 0 bridgehead atoms. The van der Waals surface area contributed by atoms with Crippen LogP contribution in [0.25, 0.3) is 0 Å².